The largest absolute Gasteiger partial charge is 0.322 e. The van der Waals surface area contributed by atoms with Crippen LogP contribution in [0.4, 0.5) is 11.4 Å². The van der Waals surface area contributed by atoms with Crippen molar-refractivity contribution in [1.82, 2.24) is 4.90 Å². The maximum Gasteiger partial charge on any atom is 0.250 e. The highest BCUT2D eigenvalue weighted by molar-refractivity contribution is 6.14. The third-order valence-electron chi connectivity index (χ3n) is 6.45. The van der Waals surface area contributed by atoms with Gasteiger partial charge in [0.2, 0.25) is 11.8 Å². The van der Waals surface area contributed by atoms with Crippen LogP contribution in [0, 0.1) is 5.92 Å². The number of hydrogen-bond acceptors (Lipinski definition) is 3. The fourth-order valence-electron chi connectivity index (χ4n) is 5.07. The Balaban J connectivity index is 1.59. The first-order valence-electron chi connectivity index (χ1n) is 9.96. The van der Waals surface area contributed by atoms with Gasteiger partial charge in [-0.15, -0.1) is 0 Å². The molecule has 1 aromatic carbocycles. The number of piperidine rings is 1. The standard InChI is InChI=1S/C21H29N3O2/c1-21(2)20(26)22-16-10-4-6-12-18(16)24(21)19(25)14-23-13-7-9-15-8-3-5-11-17(15)23/h4,6,10,12,15,17H,3,5,7-9,11,13-14H2,1-2H3,(H,22,26)/t15-,17+/m0/s1. The number of carbonyl (C=O) groups is 2. The van der Waals surface area contributed by atoms with Crippen LogP contribution in [0.5, 0.6) is 0 Å². The van der Waals surface area contributed by atoms with Crippen molar-refractivity contribution in [1.29, 1.82) is 0 Å². The minimum atomic E-state index is -0.882. The molecule has 1 aromatic rings. The summed E-state index contributed by atoms with van der Waals surface area (Å²) in [7, 11) is 0. The summed E-state index contributed by atoms with van der Waals surface area (Å²) < 4.78 is 0. The van der Waals surface area contributed by atoms with Crippen molar-refractivity contribution < 1.29 is 9.59 Å². The number of amides is 2. The molecule has 5 heteroatoms. The SMILES string of the molecule is CC1(C)C(=O)Nc2ccccc2N1C(=O)CN1CCC[C@@H]2CCCC[C@H]21. The van der Waals surface area contributed by atoms with E-state index in [1.165, 1.54) is 38.5 Å². The molecular weight excluding hydrogens is 326 g/mol. The van der Waals surface area contributed by atoms with Crippen LogP contribution in [0.2, 0.25) is 0 Å². The highest BCUT2D eigenvalue weighted by Gasteiger charge is 2.44. The maximum absolute atomic E-state index is 13.4. The fraction of sp³-hybridized carbons (Fsp3) is 0.619. The minimum absolute atomic E-state index is 0.0310. The molecule has 0 unspecified atom stereocenters. The van der Waals surface area contributed by atoms with E-state index in [4.69, 9.17) is 0 Å². The van der Waals surface area contributed by atoms with Crippen LogP contribution in [0.3, 0.4) is 0 Å². The first-order valence-corrected chi connectivity index (χ1v) is 9.96. The molecule has 2 aliphatic heterocycles. The van der Waals surface area contributed by atoms with Crippen molar-refractivity contribution in [2.45, 2.75) is 64.0 Å². The summed E-state index contributed by atoms with van der Waals surface area (Å²) in [6.07, 6.45) is 7.58. The number of nitrogens with zero attached hydrogens (tertiary/aromatic N) is 2. The number of likely N-dealkylation sites (tertiary alicyclic amines) is 1. The lowest BCUT2D eigenvalue weighted by atomic mass is 9.78. The van der Waals surface area contributed by atoms with E-state index in [0.717, 1.165) is 23.8 Å². The Hall–Kier alpha value is -1.88. The fourth-order valence-corrected chi connectivity index (χ4v) is 5.07. The molecule has 2 fully saturated rings. The Morgan fingerprint density at radius 3 is 2.73 bits per heavy atom. The quantitative estimate of drug-likeness (QED) is 0.884. The van der Waals surface area contributed by atoms with Crippen molar-refractivity contribution in [3.8, 4) is 0 Å². The van der Waals surface area contributed by atoms with E-state index in [2.05, 4.69) is 10.2 Å². The summed E-state index contributed by atoms with van der Waals surface area (Å²) in [5.74, 6) is 0.650. The van der Waals surface area contributed by atoms with E-state index >= 15 is 0 Å². The van der Waals surface area contributed by atoms with Gasteiger partial charge in [-0.2, -0.15) is 0 Å². The average Bonchev–Trinajstić information content (AvgIpc) is 2.63. The molecule has 1 saturated carbocycles. The number of benzene rings is 1. The Labute approximate surface area is 155 Å². The van der Waals surface area contributed by atoms with E-state index in [1.54, 1.807) is 4.90 Å². The summed E-state index contributed by atoms with van der Waals surface area (Å²) in [4.78, 5) is 30.1. The second-order valence-corrected chi connectivity index (χ2v) is 8.48. The highest BCUT2D eigenvalue weighted by Crippen LogP contribution is 2.38. The summed E-state index contributed by atoms with van der Waals surface area (Å²) in [5, 5.41) is 2.94. The number of rotatable bonds is 2. The van der Waals surface area contributed by atoms with Gasteiger partial charge in [0.15, 0.2) is 0 Å². The Morgan fingerprint density at radius 1 is 1.15 bits per heavy atom. The second kappa shape index (κ2) is 6.69. The van der Waals surface area contributed by atoms with Gasteiger partial charge >= 0.3 is 0 Å². The van der Waals surface area contributed by atoms with Gasteiger partial charge in [-0.1, -0.05) is 25.0 Å². The van der Waals surface area contributed by atoms with Crippen molar-refractivity contribution in [2.24, 2.45) is 5.92 Å². The summed E-state index contributed by atoms with van der Waals surface area (Å²) >= 11 is 0. The normalized spacial score (nSPS) is 28.1. The topological polar surface area (TPSA) is 52.7 Å². The van der Waals surface area contributed by atoms with Gasteiger partial charge in [-0.3, -0.25) is 19.4 Å². The Bertz CT molecular complexity index is 713. The summed E-state index contributed by atoms with van der Waals surface area (Å²) in [6, 6.07) is 8.13. The van der Waals surface area contributed by atoms with Gasteiger partial charge in [0.1, 0.15) is 5.54 Å². The van der Waals surface area contributed by atoms with Crippen LogP contribution >= 0.6 is 0 Å². The zero-order valence-corrected chi connectivity index (χ0v) is 15.8. The molecule has 0 aromatic heterocycles. The molecule has 5 nitrogen and oxygen atoms in total. The second-order valence-electron chi connectivity index (χ2n) is 8.48. The van der Waals surface area contributed by atoms with Gasteiger partial charge in [0.05, 0.1) is 17.9 Å². The lowest BCUT2D eigenvalue weighted by molar-refractivity contribution is -0.128. The third kappa shape index (κ3) is 2.92. The van der Waals surface area contributed by atoms with Crippen LogP contribution in [-0.2, 0) is 9.59 Å². The smallest absolute Gasteiger partial charge is 0.250 e. The molecular formula is C21H29N3O2. The van der Waals surface area contributed by atoms with Gasteiger partial charge in [-0.05, 0) is 64.1 Å². The van der Waals surface area contributed by atoms with E-state index in [9.17, 15) is 9.59 Å². The number of para-hydroxylation sites is 2. The van der Waals surface area contributed by atoms with Crippen LogP contribution in [0.15, 0.2) is 24.3 Å². The summed E-state index contributed by atoms with van der Waals surface area (Å²) in [6.45, 7) is 5.06. The van der Waals surface area contributed by atoms with E-state index in [0.29, 0.717) is 12.6 Å². The van der Waals surface area contributed by atoms with Crippen molar-refractivity contribution in [3.05, 3.63) is 24.3 Å². The van der Waals surface area contributed by atoms with Gasteiger partial charge in [-0.25, -0.2) is 0 Å². The molecule has 26 heavy (non-hydrogen) atoms. The minimum Gasteiger partial charge on any atom is -0.322 e. The zero-order valence-electron chi connectivity index (χ0n) is 15.8. The van der Waals surface area contributed by atoms with Crippen LogP contribution in [0.25, 0.3) is 0 Å². The van der Waals surface area contributed by atoms with E-state index in [1.807, 2.05) is 38.1 Å². The predicted octanol–water partition coefficient (Wildman–Crippen LogP) is 3.40. The average molecular weight is 355 g/mol. The predicted molar refractivity (Wildman–Crippen MR) is 103 cm³/mol. The molecule has 0 bridgehead atoms. The lowest BCUT2D eigenvalue weighted by Crippen LogP contribution is -2.61. The van der Waals surface area contributed by atoms with E-state index < -0.39 is 5.54 Å². The number of anilines is 2. The number of carbonyl (C=O) groups excluding carboxylic acids is 2. The first-order chi connectivity index (χ1) is 12.5. The molecule has 1 saturated heterocycles. The molecule has 4 rings (SSSR count). The molecule has 0 radical (unpaired) electrons. The maximum atomic E-state index is 13.4. The molecule has 140 valence electrons. The Morgan fingerprint density at radius 2 is 1.88 bits per heavy atom. The molecule has 2 amide bonds. The van der Waals surface area contributed by atoms with Crippen molar-refractivity contribution >= 4 is 23.2 Å². The van der Waals surface area contributed by atoms with Gasteiger partial charge in [0.25, 0.3) is 0 Å². The van der Waals surface area contributed by atoms with Crippen molar-refractivity contribution in [2.75, 3.05) is 23.3 Å². The molecule has 3 aliphatic rings. The van der Waals surface area contributed by atoms with Crippen LogP contribution in [0.1, 0.15) is 52.4 Å². The monoisotopic (exact) mass is 355 g/mol. The number of fused-ring (bicyclic) bond motifs is 2. The van der Waals surface area contributed by atoms with Crippen LogP contribution < -0.4 is 10.2 Å². The molecule has 1 N–H and O–H groups in total. The van der Waals surface area contributed by atoms with Gasteiger partial charge in [0, 0.05) is 6.04 Å². The number of nitrogens with one attached hydrogen (secondary N) is 1. The Kier molecular flexibility index (Phi) is 4.51. The first kappa shape index (κ1) is 17.5. The summed E-state index contributed by atoms with van der Waals surface area (Å²) in [5.41, 5.74) is 0.645. The third-order valence-corrected chi connectivity index (χ3v) is 6.45. The highest BCUT2D eigenvalue weighted by atomic mass is 16.2. The lowest BCUT2D eigenvalue weighted by Gasteiger charge is -2.46. The van der Waals surface area contributed by atoms with E-state index in [-0.39, 0.29) is 11.8 Å². The molecule has 1 aliphatic carbocycles. The van der Waals surface area contributed by atoms with Gasteiger partial charge < -0.3 is 5.32 Å². The van der Waals surface area contributed by atoms with Crippen molar-refractivity contribution in [3.63, 3.8) is 0 Å². The number of hydrogen-bond donors (Lipinski definition) is 1. The molecule has 0 spiro atoms. The molecule has 2 atom stereocenters. The zero-order chi connectivity index (χ0) is 18.3. The molecule has 2 heterocycles. The van der Waals surface area contributed by atoms with Crippen LogP contribution in [-0.4, -0.2) is 41.4 Å².